The minimum absolute atomic E-state index is 0.0315. The first-order valence-corrected chi connectivity index (χ1v) is 13.3. The fourth-order valence-electron chi connectivity index (χ4n) is 2.67. The molecule has 2 aromatic carbocycles. The molecule has 0 aliphatic heterocycles. The van der Waals surface area contributed by atoms with Gasteiger partial charge >= 0.3 is 0 Å². The van der Waals surface area contributed by atoms with Crippen LogP contribution in [-0.4, -0.2) is 34.1 Å². The zero-order chi connectivity index (χ0) is 23.5. The Bertz CT molecular complexity index is 1320. The van der Waals surface area contributed by atoms with Crippen molar-refractivity contribution in [2.45, 2.75) is 22.6 Å². The molecule has 0 atom stereocenters. The van der Waals surface area contributed by atoms with Crippen LogP contribution >= 0.6 is 22.9 Å². The number of amides is 1. The molecule has 12 heteroatoms. The summed E-state index contributed by atoms with van der Waals surface area (Å²) in [5.74, 6) is -0.664. The van der Waals surface area contributed by atoms with E-state index in [0.717, 1.165) is 16.9 Å². The molecule has 1 aromatic heterocycles. The summed E-state index contributed by atoms with van der Waals surface area (Å²) in [6.07, 6.45) is 0. The lowest BCUT2D eigenvalue weighted by molar-refractivity contribution is 0.0945. The molecule has 1 heterocycles. The van der Waals surface area contributed by atoms with Crippen LogP contribution in [0.1, 0.15) is 21.5 Å². The van der Waals surface area contributed by atoms with Crippen LogP contribution in [0.5, 0.6) is 0 Å². The fraction of sp³-hybridized carbons (Fsp3) is 0.150. The normalized spacial score (nSPS) is 12.1. The van der Waals surface area contributed by atoms with Gasteiger partial charge in [-0.1, -0.05) is 41.4 Å². The minimum atomic E-state index is -3.93. The number of halogens is 1. The molecule has 2 N–H and O–H groups in total. The third-order valence-corrected chi connectivity index (χ3v) is 9.25. The van der Waals surface area contributed by atoms with Crippen molar-refractivity contribution < 1.29 is 21.6 Å². The Morgan fingerprint density at radius 2 is 1.59 bits per heavy atom. The van der Waals surface area contributed by atoms with Gasteiger partial charge in [-0.25, -0.2) is 16.8 Å². The first-order valence-electron chi connectivity index (χ1n) is 9.18. The highest BCUT2D eigenvalue weighted by Gasteiger charge is 2.21. The Morgan fingerprint density at radius 3 is 2.16 bits per heavy atom. The Morgan fingerprint density at radius 1 is 0.969 bits per heavy atom. The molecule has 3 aromatic rings. The lowest BCUT2D eigenvalue weighted by Gasteiger charge is -2.17. The van der Waals surface area contributed by atoms with Gasteiger partial charge < -0.3 is 0 Å². The average Bonchev–Trinajstić information content (AvgIpc) is 3.20. The number of hydrogen-bond donors (Lipinski definition) is 2. The van der Waals surface area contributed by atoms with Gasteiger partial charge in [-0.2, -0.15) is 4.31 Å². The van der Waals surface area contributed by atoms with Gasteiger partial charge in [0.25, 0.3) is 15.9 Å². The molecule has 0 aliphatic rings. The molecule has 0 saturated carbocycles. The number of rotatable bonds is 8. The molecule has 0 saturated heterocycles. The highest BCUT2D eigenvalue weighted by atomic mass is 35.5. The van der Waals surface area contributed by atoms with Crippen LogP contribution in [0.4, 0.5) is 0 Å². The van der Waals surface area contributed by atoms with Gasteiger partial charge in [0.15, 0.2) is 0 Å². The molecule has 0 aliphatic carbocycles. The zero-order valence-electron chi connectivity index (χ0n) is 17.1. The van der Waals surface area contributed by atoms with Gasteiger partial charge in [0, 0.05) is 19.2 Å². The van der Waals surface area contributed by atoms with Crippen LogP contribution in [0.3, 0.4) is 0 Å². The lowest BCUT2D eigenvalue weighted by Crippen LogP contribution is -2.41. The maximum absolute atomic E-state index is 12.7. The van der Waals surface area contributed by atoms with E-state index in [4.69, 9.17) is 11.6 Å². The molecule has 8 nitrogen and oxygen atoms in total. The molecule has 0 unspecified atom stereocenters. The van der Waals surface area contributed by atoms with Crippen LogP contribution < -0.4 is 10.3 Å². The Balaban J connectivity index is 1.63. The number of sulfonamides is 2. The Kier molecular flexibility index (Phi) is 7.38. The molecule has 0 bridgehead atoms. The summed E-state index contributed by atoms with van der Waals surface area (Å²) in [4.78, 5) is 14.5. The number of aryl methyl sites for hydroxylation is 1. The monoisotopic (exact) mass is 513 g/mol. The van der Waals surface area contributed by atoms with E-state index >= 15 is 0 Å². The molecule has 0 fully saturated rings. The van der Waals surface area contributed by atoms with Crippen LogP contribution in [0, 0.1) is 6.92 Å². The molecule has 3 rings (SSSR count). The van der Waals surface area contributed by atoms with Crippen molar-refractivity contribution in [1.82, 2.24) is 14.6 Å². The van der Waals surface area contributed by atoms with Crippen LogP contribution in [-0.2, 0) is 26.6 Å². The van der Waals surface area contributed by atoms with Gasteiger partial charge in [0.1, 0.15) is 4.21 Å². The number of benzene rings is 2. The highest BCUT2D eigenvalue weighted by Crippen LogP contribution is 2.25. The van der Waals surface area contributed by atoms with Crippen molar-refractivity contribution in [3.63, 3.8) is 0 Å². The van der Waals surface area contributed by atoms with E-state index < -0.39 is 26.0 Å². The minimum Gasteiger partial charge on any atom is -0.273 e. The van der Waals surface area contributed by atoms with E-state index in [1.165, 1.54) is 35.6 Å². The van der Waals surface area contributed by atoms with Gasteiger partial charge in [0.2, 0.25) is 10.0 Å². The van der Waals surface area contributed by atoms with Crippen molar-refractivity contribution in [2.24, 2.45) is 0 Å². The Labute approximate surface area is 195 Å². The number of hydrazine groups is 1. The van der Waals surface area contributed by atoms with E-state index in [9.17, 15) is 21.6 Å². The maximum Gasteiger partial charge on any atom is 0.266 e. The number of carbonyl (C=O) groups is 1. The van der Waals surface area contributed by atoms with Crippen molar-refractivity contribution in [1.29, 1.82) is 0 Å². The summed E-state index contributed by atoms with van der Waals surface area (Å²) in [6, 6.07) is 15.5. The third-order valence-electron chi connectivity index (χ3n) is 4.46. The Hall–Kier alpha value is -2.28. The quantitative estimate of drug-likeness (QED) is 0.449. The van der Waals surface area contributed by atoms with Gasteiger partial charge in [-0.05, 0) is 48.9 Å². The molecule has 0 radical (unpaired) electrons. The second-order valence-corrected chi connectivity index (χ2v) is 12.6. The van der Waals surface area contributed by atoms with Crippen molar-refractivity contribution in [3.8, 4) is 0 Å². The van der Waals surface area contributed by atoms with Crippen molar-refractivity contribution in [3.05, 3.63) is 81.7 Å². The van der Waals surface area contributed by atoms with Gasteiger partial charge in [0.05, 0.1) is 9.23 Å². The molecular weight excluding hydrogens is 494 g/mol. The van der Waals surface area contributed by atoms with E-state index in [1.807, 2.05) is 11.8 Å². The second kappa shape index (κ2) is 9.69. The molecule has 170 valence electrons. The summed E-state index contributed by atoms with van der Waals surface area (Å²) in [6.45, 7) is 1.98. The summed E-state index contributed by atoms with van der Waals surface area (Å²) in [7, 11) is -6.12. The van der Waals surface area contributed by atoms with Gasteiger partial charge in [-0.3, -0.25) is 10.2 Å². The topological polar surface area (TPSA) is 113 Å². The lowest BCUT2D eigenvalue weighted by atomic mass is 10.1. The van der Waals surface area contributed by atoms with E-state index in [1.54, 1.807) is 36.4 Å². The first-order chi connectivity index (χ1) is 15.0. The molecule has 32 heavy (non-hydrogen) atoms. The molecular formula is C20H20ClN3O5S3. The van der Waals surface area contributed by atoms with E-state index in [0.29, 0.717) is 9.90 Å². The predicted octanol–water partition coefficient (Wildman–Crippen LogP) is 3.15. The smallest absolute Gasteiger partial charge is 0.266 e. The average molecular weight is 514 g/mol. The maximum atomic E-state index is 12.7. The predicted molar refractivity (Wildman–Crippen MR) is 123 cm³/mol. The number of nitrogens with zero attached hydrogens (tertiary/aromatic N) is 1. The summed E-state index contributed by atoms with van der Waals surface area (Å²) in [5, 5.41) is 0. The van der Waals surface area contributed by atoms with Gasteiger partial charge in [-0.15, -0.1) is 16.2 Å². The molecule has 1 amide bonds. The van der Waals surface area contributed by atoms with Crippen LogP contribution in [0.2, 0.25) is 4.34 Å². The first kappa shape index (κ1) is 24.4. The highest BCUT2D eigenvalue weighted by molar-refractivity contribution is 7.91. The number of nitrogens with one attached hydrogen (secondary N) is 2. The SMILES string of the molecule is Cc1ccc(S(=O)(=O)N(C)Cc2ccc(C(=O)NNS(=O)(=O)c3ccc(Cl)s3)cc2)cc1. The number of thiophene rings is 1. The van der Waals surface area contributed by atoms with E-state index in [2.05, 4.69) is 5.43 Å². The standard InChI is InChI=1S/C20H20ClN3O5S3/c1-14-3-9-17(10-4-14)32(28,29)24(2)13-15-5-7-16(8-6-15)20(25)22-23-31(26,27)19-12-11-18(21)30-19/h3-12,23H,13H2,1-2H3,(H,22,25). The largest absolute Gasteiger partial charge is 0.273 e. The summed E-state index contributed by atoms with van der Waals surface area (Å²) in [5.41, 5.74) is 3.96. The third kappa shape index (κ3) is 5.74. The molecule has 0 spiro atoms. The summed E-state index contributed by atoms with van der Waals surface area (Å²) < 4.78 is 51.2. The van der Waals surface area contributed by atoms with Crippen molar-refractivity contribution >= 4 is 48.9 Å². The van der Waals surface area contributed by atoms with E-state index in [-0.39, 0.29) is 21.2 Å². The van der Waals surface area contributed by atoms with Crippen molar-refractivity contribution in [2.75, 3.05) is 7.05 Å². The number of carbonyl (C=O) groups excluding carboxylic acids is 1. The van der Waals surface area contributed by atoms with Crippen LogP contribution in [0.15, 0.2) is 69.8 Å². The zero-order valence-corrected chi connectivity index (χ0v) is 20.3. The van der Waals surface area contributed by atoms with Crippen LogP contribution in [0.25, 0.3) is 0 Å². The number of hydrogen-bond acceptors (Lipinski definition) is 6. The second-order valence-electron chi connectivity index (χ2n) is 6.89. The summed E-state index contributed by atoms with van der Waals surface area (Å²) >= 11 is 6.60. The fourth-order valence-corrected chi connectivity index (χ4v) is 6.15.